The molecule has 0 fully saturated rings. The number of methoxy groups -OCH3 is 1. The lowest BCUT2D eigenvalue weighted by Gasteiger charge is -2.07. The number of aromatic nitrogens is 4. The van der Waals surface area contributed by atoms with Gasteiger partial charge in [0.25, 0.3) is 0 Å². The summed E-state index contributed by atoms with van der Waals surface area (Å²) in [6.45, 7) is 2.08. The van der Waals surface area contributed by atoms with Gasteiger partial charge in [-0.3, -0.25) is 0 Å². The number of hydrogen-bond acceptors (Lipinski definition) is 5. The Kier molecular flexibility index (Phi) is 3.56. The van der Waals surface area contributed by atoms with Crippen molar-refractivity contribution in [2.75, 3.05) is 12.9 Å². The highest BCUT2D eigenvalue weighted by molar-refractivity contribution is 7.99. The number of fused-ring (bicyclic) bond motifs is 1. The maximum atomic E-state index is 5.39. The van der Waals surface area contributed by atoms with Crippen LogP contribution in [0.3, 0.4) is 0 Å². The molecule has 1 aromatic carbocycles. The quantitative estimate of drug-likeness (QED) is 0.690. The first-order valence-corrected chi connectivity index (χ1v) is 7.30. The number of para-hydroxylation sites is 1. The molecular weight excluding hydrogens is 272 g/mol. The van der Waals surface area contributed by atoms with Crippen molar-refractivity contribution in [3.8, 4) is 17.0 Å². The molecule has 0 amide bonds. The lowest BCUT2D eigenvalue weighted by atomic mass is 10.1. The molecule has 2 heterocycles. The molecule has 6 heteroatoms. The fourth-order valence-electron chi connectivity index (χ4n) is 1.99. The van der Waals surface area contributed by atoms with E-state index in [0.717, 1.165) is 33.6 Å². The summed E-state index contributed by atoms with van der Waals surface area (Å²) in [5.74, 6) is 1.73. The Labute approximate surface area is 121 Å². The molecule has 0 aliphatic heterocycles. The number of ether oxygens (including phenoxy) is 1. The third-order valence-corrected chi connectivity index (χ3v) is 3.69. The normalized spacial score (nSPS) is 10.9. The lowest BCUT2D eigenvalue weighted by molar-refractivity contribution is 0.416. The largest absolute Gasteiger partial charge is 0.496 e. The van der Waals surface area contributed by atoms with E-state index in [4.69, 9.17) is 4.74 Å². The zero-order valence-corrected chi connectivity index (χ0v) is 12.1. The molecule has 0 aliphatic carbocycles. The number of thioether (sulfide) groups is 1. The van der Waals surface area contributed by atoms with Crippen molar-refractivity contribution >= 4 is 17.4 Å². The van der Waals surface area contributed by atoms with Gasteiger partial charge in [-0.15, -0.1) is 10.2 Å². The Morgan fingerprint density at radius 1 is 1.15 bits per heavy atom. The second kappa shape index (κ2) is 5.50. The molecule has 0 atom stereocenters. The molecule has 0 saturated carbocycles. The first-order valence-electron chi connectivity index (χ1n) is 6.32. The molecule has 0 bridgehead atoms. The van der Waals surface area contributed by atoms with E-state index in [9.17, 15) is 0 Å². The molecule has 0 N–H and O–H groups in total. The van der Waals surface area contributed by atoms with Gasteiger partial charge in [0.2, 0.25) is 5.16 Å². The fraction of sp³-hybridized carbons (Fsp3) is 0.214. The summed E-state index contributed by atoms with van der Waals surface area (Å²) >= 11 is 1.62. The van der Waals surface area contributed by atoms with E-state index in [2.05, 4.69) is 22.2 Å². The molecule has 0 radical (unpaired) electrons. The minimum Gasteiger partial charge on any atom is -0.496 e. The van der Waals surface area contributed by atoms with Crippen molar-refractivity contribution in [3.05, 3.63) is 36.4 Å². The standard InChI is InChI=1S/C14H14N4OS/c1-3-20-14-16-15-13-9-8-11(17-18(13)14)10-6-4-5-7-12(10)19-2/h4-9H,3H2,1-2H3. The van der Waals surface area contributed by atoms with Crippen LogP contribution in [0.25, 0.3) is 16.9 Å². The summed E-state index contributed by atoms with van der Waals surface area (Å²) in [6.07, 6.45) is 0. The van der Waals surface area contributed by atoms with Gasteiger partial charge in [-0.2, -0.15) is 9.61 Å². The fourth-order valence-corrected chi connectivity index (χ4v) is 2.60. The van der Waals surface area contributed by atoms with Gasteiger partial charge in [0.05, 0.1) is 12.8 Å². The Morgan fingerprint density at radius 2 is 2.00 bits per heavy atom. The highest BCUT2D eigenvalue weighted by atomic mass is 32.2. The van der Waals surface area contributed by atoms with Crippen molar-refractivity contribution in [1.29, 1.82) is 0 Å². The molecule has 0 unspecified atom stereocenters. The number of benzene rings is 1. The maximum absolute atomic E-state index is 5.39. The minimum atomic E-state index is 0.750. The van der Waals surface area contributed by atoms with E-state index < -0.39 is 0 Å². The Balaban J connectivity index is 2.14. The van der Waals surface area contributed by atoms with Gasteiger partial charge in [0.1, 0.15) is 5.75 Å². The van der Waals surface area contributed by atoms with Crippen LogP contribution in [0.5, 0.6) is 5.75 Å². The molecule has 0 saturated heterocycles. The monoisotopic (exact) mass is 286 g/mol. The third-order valence-electron chi connectivity index (χ3n) is 2.89. The highest BCUT2D eigenvalue weighted by Gasteiger charge is 2.11. The summed E-state index contributed by atoms with van der Waals surface area (Å²) in [5, 5.41) is 13.7. The van der Waals surface area contributed by atoms with E-state index in [1.165, 1.54) is 0 Å². The Morgan fingerprint density at radius 3 is 2.80 bits per heavy atom. The summed E-state index contributed by atoms with van der Waals surface area (Å²) < 4.78 is 7.16. The number of hydrogen-bond donors (Lipinski definition) is 0. The summed E-state index contributed by atoms with van der Waals surface area (Å²) in [7, 11) is 1.66. The first kappa shape index (κ1) is 12.9. The number of nitrogens with zero attached hydrogens (tertiary/aromatic N) is 4. The summed E-state index contributed by atoms with van der Waals surface area (Å²) in [5.41, 5.74) is 2.55. The smallest absolute Gasteiger partial charge is 0.212 e. The van der Waals surface area contributed by atoms with Crippen LogP contribution in [-0.2, 0) is 0 Å². The average molecular weight is 286 g/mol. The molecule has 3 rings (SSSR count). The lowest BCUT2D eigenvalue weighted by Crippen LogP contribution is -1.97. The molecule has 0 aliphatic rings. The van der Waals surface area contributed by atoms with Crippen molar-refractivity contribution < 1.29 is 4.74 Å². The topological polar surface area (TPSA) is 52.3 Å². The van der Waals surface area contributed by atoms with Gasteiger partial charge in [-0.1, -0.05) is 30.8 Å². The van der Waals surface area contributed by atoms with Crippen LogP contribution in [0, 0.1) is 0 Å². The van der Waals surface area contributed by atoms with Crippen LogP contribution in [0.4, 0.5) is 0 Å². The van der Waals surface area contributed by atoms with Gasteiger partial charge >= 0.3 is 0 Å². The SMILES string of the molecule is CCSc1nnc2ccc(-c3ccccc3OC)nn12. The predicted octanol–water partition coefficient (Wildman–Crippen LogP) is 2.91. The molecule has 20 heavy (non-hydrogen) atoms. The van der Waals surface area contributed by atoms with Gasteiger partial charge < -0.3 is 4.74 Å². The van der Waals surface area contributed by atoms with E-state index in [0.29, 0.717) is 0 Å². The molecule has 3 aromatic rings. The van der Waals surface area contributed by atoms with E-state index >= 15 is 0 Å². The second-order valence-electron chi connectivity index (χ2n) is 4.10. The van der Waals surface area contributed by atoms with Crippen LogP contribution in [0.1, 0.15) is 6.92 Å². The van der Waals surface area contributed by atoms with Crippen LogP contribution < -0.4 is 4.74 Å². The van der Waals surface area contributed by atoms with Crippen LogP contribution in [-0.4, -0.2) is 32.7 Å². The first-order chi connectivity index (χ1) is 9.83. The predicted molar refractivity (Wildman–Crippen MR) is 79.2 cm³/mol. The zero-order chi connectivity index (χ0) is 13.9. The van der Waals surface area contributed by atoms with E-state index in [1.807, 2.05) is 36.4 Å². The highest BCUT2D eigenvalue weighted by Crippen LogP contribution is 2.28. The van der Waals surface area contributed by atoms with Gasteiger partial charge in [-0.25, -0.2) is 0 Å². The Bertz CT molecular complexity index is 741. The Hall–Kier alpha value is -2.08. The maximum Gasteiger partial charge on any atom is 0.212 e. The van der Waals surface area contributed by atoms with E-state index in [1.54, 1.807) is 23.4 Å². The van der Waals surface area contributed by atoms with E-state index in [-0.39, 0.29) is 0 Å². The minimum absolute atomic E-state index is 0.750. The summed E-state index contributed by atoms with van der Waals surface area (Å²) in [6, 6.07) is 11.7. The molecule has 0 spiro atoms. The molecule has 2 aromatic heterocycles. The third kappa shape index (κ3) is 2.22. The zero-order valence-electron chi connectivity index (χ0n) is 11.3. The van der Waals surface area contributed by atoms with Crippen molar-refractivity contribution in [2.24, 2.45) is 0 Å². The van der Waals surface area contributed by atoms with Crippen LogP contribution in [0.15, 0.2) is 41.6 Å². The molecule has 102 valence electrons. The van der Waals surface area contributed by atoms with Crippen molar-refractivity contribution in [3.63, 3.8) is 0 Å². The van der Waals surface area contributed by atoms with Gasteiger partial charge in [0, 0.05) is 5.56 Å². The number of rotatable bonds is 4. The summed E-state index contributed by atoms with van der Waals surface area (Å²) in [4.78, 5) is 0. The average Bonchev–Trinajstić information content (AvgIpc) is 2.90. The van der Waals surface area contributed by atoms with Crippen molar-refractivity contribution in [1.82, 2.24) is 19.8 Å². The second-order valence-corrected chi connectivity index (χ2v) is 5.34. The van der Waals surface area contributed by atoms with Crippen LogP contribution in [0.2, 0.25) is 0 Å². The van der Waals surface area contributed by atoms with Crippen LogP contribution >= 0.6 is 11.8 Å². The van der Waals surface area contributed by atoms with Crippen molar-refractivity contribution in [2.45, 2.75) is 12.1 Å². The molecular formula is C14H14N4OS. The van der Waals surface area contributed by atoms with Gasteiger partial charge in [-0.05, 0) is 30.0 Å². The molecule has 5 nitrogen and oxygen atoms in total. The van der Waals surface area contributed by atoms with Gasteiger partial charge in [0.15, 0.2) is 5.65 Å².